The van der Waals surface area contributed by atoms with Crippen LogP contribution in [0.2, 0.25) is 0 Å². The normalized spacial score (nSPS) is 11.9. The number of aliphatic carboxylic acids is 1. The van der Waals surface area contributed by atoms with Crippen LogP contribution >= 0.6 is 0 Å². The summed E-state index contributed by atoms with van der Waals surface area (Å²) in [7, 11) is 0. The molecule has 1 heterocycles. The van der Waals surface area contributed by atoms with Crippen LogP contribution in [-0.4, -0.2) is 62.4 Å². The van der Waals surface area contributed by atoms with Crippen molar-refractivity contribution >= 4 is 34.5 Å². The third-order valence-corrected chi connectivity index (χ3v) is 5.59. The van der Waals surface area contributed by atoms with Crippen molar-refractivity contribution in [3.63, 3.8) is 0 Å². The number of hydrogen-bond donors (Lipinski definition) is 5. The minimum atomic E-state index is -2.09. The molecular weight excluding hydrogens is 470 g/mol. The number of carbonyl (C=O) groups excluding carboxylic acids is 3. The highest BCUT2D eigenvalue weighted by molar-refractivity contribution is 6.45. The number of carboxylic acids is 1. The van der Waals surface area contributed by atoms with E-state index in [2.05, 4.69) is 5.32 Å². The van der Waals surface area contributed by atoms with Gasteiger partial charge in [-0.3, -0.25) is 19.2 Å². The van der Waals surface area contributed by atoms with Gasteiger partial charge in [0.05, 0.1) is 28.9 Å². The van der Waals surface area contributed by atoms with Gasteiger partial charge in [-0.1, -0.05) is 43.3 Å². The van der Waals surface area contributed by atoms with Gasteiger partial charge >= 0.3 is 5.97 Å². The van der Waals surface area contributed by atoms with Crippen molar-refractivity contribution < 1.29 is 39.2 Å². The van der Waals surface area contributed by atoms with E-state index in [0.717, 1.165) is 5.56 Å². The molecule has 2 aromatic carbocycles. The number of carboxylic acid groups (broad SMARTS) is 1. The number of nitrogens with zero attached hydrogens (tertiary/aromatic N) is 1. The highest BCUT2D eigenvalue weighted by Crippen LogP contribution is 2.35. The molecule has 0 fully saturated rings. The number of aliphatic hydroxyl groups is 2. The molecular formula is C25H27N3O8. The van der Waals surface area contributed by atoms with Crippen molar-refractivity contribution in [3.8, 4) is 5.75 Å². The first-order chi connectivity index (χ1) is 17.1. The Labute approximate surface area is 206 Å². The monoisotopic (exact) mass is 497 g/mol. The van der Waals surface area contributed by atoms with Gasteiger partial charge in [0.1, 0.15) is 5.75 Å². The van der Waals surface area contributed by atoms with Gasteiger partial charge in [-0.2, -0.15) is 0 Å². The van der Waals surface area contributed by atoms with E-state index in [-0.39, 0.29) is 11.3 Å². The van der Waals surface area contributed by atoms with E-state index < -0.39 is 48.9 Å². The number of ether oxygens (including phenoxy) is 1. The second kappa shape index (κ2) is 11.5. The third-order valence-electron chi connectivity index (χ3n) is 5.59. The van der Waals surface area contributed by atoms with Crippen LogP contribution in [0.15, 0.2) is 48.5 Å². The smallest absolute Gasteiger partial charge is 0.305 e. The second-order valence-corrected chi connectivity index (χ2v) is 8.06. The molecule has 1 aromatic heterocycles. The topological polar surface area (TPSA) is 181 Å². The molecule has 3 aromatic rings. The zero-order valence-corrected chi connectivity index (χ0v) is 19.5. The summed E-state index contributed by atoms with van der Waals surface area (Å²) in [5, 5.41) is 30.0. The number of aromatic nitrogens is 1. The Morgan fingerprint density at radius 3 is 2.33 bits per heavy atom. The average molecular weight is 498 g/mol. The van der Waals surface area contributed by atoms with E-state index in [1.165, 1.54) is 6.07 Å². The molecule has 1 atom stereocenters. The number of ketones is 1. The lowest BCUT2D eigenvalue weighted by atomic mass is 10.0. The van der Waals surface area contributed by atoms with E-state index in [1.807, 2.05) is 41.8 Å². The van der Waals surface area contributed by atoms with Crippen LogP contribution in [0.5, 0.6) is 5.75 Å². The molecule has 6 N–H and O–H groups in total. The molecule has 11 heteroatoms. The number of fused-ring (bicyclic) bond motifs is 1. The second-order valence-electron chi connectivity index (χ2n) is 8.06. The van der Waals surface area contributed by atoms with Gasteiger partial charge in [0.15, 0.2) is 12.9 Å². The van der Waals surface area contributed by atoms with Gasteiger partial charge in [0.25, 0.3) is 17.6 Å². The van der Waals surface area contributed by atoms with Gasteiger partial charge in [0, 0.05) is 12.2 Å². The van der Waals surface area contributed by atoms with E-state index >= 15 is 0 Å². The molecule has 0 saturated carbocycles. The van der Waals surface area contributed by atoms with Crippen molar-refractivity contribution in [2.45, 2.75) is 38.6 Å². The van der Waals surface area contributed by atoms with Crippen LogP contribution in [0.1, 0.15) is 35.0 Å². The van der Waals surface area contributed by atoms with Gasteiger partial charge < -0.3 is 35.7 Å². The van der Waals surface area contributed by atoms with Gasteiger partial charge in [0.2, 0.25) is 0 Å². The molecule has 0 bridgehead atoms. The average Bonchev–Trinajstić information content (AvgIpc) is 3.15. The maximum atomic E-state index is 12.9. The lowest BCUT2D eigenvalue weighted by molar-refractivity contribution is -0.143. The van der Waals surface area contributed by atoms with E-state index in [4.69, 9.17) is 15.6 Å². The molecule has 0 radical (unpaired) electrons. The zero-order valence-electron chi connectivity index (χ0n) is 19.5. The van der Waals surface area contributed by atoms with E-state index in [9.17, 15) is 29.4 Å². The summed E-state index contributed by atoms with van der Waals surface area (Å²) in [6.07, 6.45) is -2.40. The fourth-order valence-electron chi connectivity index (χ4n) is 4.03. The molecule has 0 spiro atoms. The number of Topliss-reactive ketones (excluding diaryl/α,β-unsaturated/α-hetero) is 1. The highest BCUT2D eigenvalue weighted by Gasteiger charge is 2.28. The Kier molecular flexibility index (Phi) is 8.41. The highest BCUT2D eigenvalue weighted by atomic mass is 16.5. The molecule has 0 saturated heterocycles. The van der Waals surface area contributed by atoms with Crippen LogP contribution in [-0.2, 0) is 27.3 Å². The van der Waals surface area contributed by atoms with Crippen LogP contribution in [0.25, 0.3) is 10.9 Å². The van der Waals surface area contributed by atoms with Crippen molar-refractivity contribution in [2.75, 3.05) is 6.61 Å². The molecule has 1 unspecified atom stereocenters. The number of rotatable bonds is 12. The van der Waals surface area contributed by atoms with Crippen LogP contribution in [0.3, 0.4) is 0 Å². The standard InChI is InChI=1S/C25H27N3O8/c1-2-16-22(23(32)24(26)33)21-17(28(16)12-14-7-4-3-5-8-14)9-6-10-18(21)36-13-19(29)27-15(25(34)35)11-20(30)31/h3-10,15,25,34-35H,2,11-13H2,1H3,(H2,26,33)(H,27,29)(H,30,31). The molecule has 190 valence electrons. The lowest BCUT2D eigenvalue weighted by Crippen LogP contribution is -2.46. The number of nitrogens with one attached hydrogen (secondary N) is 1. The van der Waals surface area contributed by atoms with Crippen LogP contribution in [0, 0.1) is 0 Å². The minimum Gasteiger partial charge on any atom is -0.483 e. The number of carbonyl (C=O) groups is 4. The number of nitrogens with two attached hydrogens (primary N) is 1. The number of amides is 2. The molecule has 36 heavy (non-hydrogen) atoms. The number of benzene rings is 2. The fraction of sp³-hybridized carbons (Fsp3) is 0.280. The lowest BCUT2D eigenvalue weighted by Gasteiger charge is -2.18. The molecule has 11 nitrogen and oxygen atoms in total. The number of hydrogen-bond acceptors (Lipinski definition) is 7. The van der Waals surface area contributed by atoms with E-state index in [0.29, 0.717) is 29.6 Å². The van der Waals surface area contributed by atoms with Gasteiger partial charge in [-0.15, -0.1) is 0 Å². The number of primary amides is 1. The Hall–Kier alpha value is -4.22. The Balaban J connectivity index is 2.01. The summed E-state index contributed by atoms with van der Waals surface area (Å²) in [6, 6.07) is 13.0. The summed E-state index contributed by atoms with van der Waals surface area (Å²) < 4.78 is 7.55. The summed E-state index contributed by atoms with van der Waals surface area (Å²) in [5.74, 6) is -4.04. The maximum absolute atomic E-state index is 12.9. The quantitative estimate of drug-likeness (QED) is 0.137. The molecule has 2 amide bonds. The summed E-state index contributed by atoms with van der Waals surface area (Å²) in [4.78, 5) is 48.0. The fourth-order valence-corrected chi connectivity index (χ4v) is 4.03. The summed E-state index contributed by atoms with van der Waals surface area (Å²) in [5.41, 5.74) is 7.55. The zero-order chi connectivity index (χ0) is 26.4. The predicted octanol–water partition coefficient (Wildman–Crippen LogP) is 0.569. The predicted molar refractivity (Wildman–Crippen MR) is 128 cm³/mol. The molecule has 0 aliphatic rings. The van der Waals surface area contributed by atoms with Crippen molar-refractivity contribution in [2.24, 2.45) is 5.73 Å². The van der Waals surface area contributed by atoms with Crippen LogP contribution in [0.4, 0.5) is 0 Å². The molecule has 0 aliphatic carbocycles. The van der Waals surface area contributed by atoms with Crippen molar-refractivity contribution in [1.29, 1.82) is 0 Å². The minimum absolute atomic E-state index is 0.0847. The molecule has 0 aliphatic heterocycles. The summed E-state index contributed by atoms with van der Waals surface area (Å²) in [6.45, 7) is 1.63. The Morgan fingerprint density at radius 2 is 1.75 bits per heavy atom. The Morgan fingerprint density at radius 1 is 1.06 bits per heavy atom. The first-order valence-corrected chi connectivity index (χ1v) is 11.2. The van der Waals surface area contributed by atoms with Gasteiger partial charge in [-0.25, -0.2) is 0 Å². The first-order valence-electron chi connectivity index (χ1n) is 11.2. The van der Waals surface area contributed by atoms with Crippen LogP contribution < -0.4 is 15.8 Å². The molecule has 3 rings (SSSR count). The van der Waals surface area contributed by atoms with Crippen molar-refractivity contribution in [3.05, 3.63) is 65.4 Å². The Bertz CT molecular complexity index is 1280. The number of aliphatic hydroxyl groups excluding tert-OH is 1. The maximum Gasteiger partial charge on any atom is 0.305 e. The van der Waals surface area contributed by atoms with E-state index in [1.54, 1.807) is 12.1 Å². The largest absolute Gasteiger partial charge is 0.483 e. The third kappa shape index (κ3) is 5.88. The first kappa shape index (κ1) is 26.4. The summed E-state index contributed by atoms with van der Waals surface area (Å²) >= 11 is 0. The van der Waals surface area contributed by atoms with Crippen molar-refractivity contribution in [1.82, 2.24) is 9.88 Å². The van der Waals surface area contributed by atoms with Gasteiger partial charge in [-0.05, 0) is 24.1 Å². The SMILES string of the molecule is CCc1c(C(=O)C(N)=O)c2c(OCC(=O)NC(CC(=O)O)C(O)O)cccc2n1Cc1ccccc1.